The summed E-state index contributed by atoms with van der Waals surface area (Å²) in [6.07, 6.45) is 1.55. The van der Waals surface area contributed by atoms with E-state index in [1.54, 1.807) is 24.4 Å². The highest BCUT2D eigenvalue weighted by molar-refractivity contribution is 7.91. The van der Waals surface area contributed by atoms with E-state index in [1.165, 1.54) is 0 Å². The fourth-order valence-electron chi connectivity index (χ4n) is 2.19. The summed E-state index contributed by atoms with van der Waals surface area (Å²) in [5.74, 6) is 0.794. The van der Waals surface area contributed by atoms with Crippen molar-refractivity contribution in [1.82, 2.24) is 4.98 Å². The second-order valence-electron chi connectivity index (χ2n) is 4.92. The fraction of sp³-hybridized carbons (Fsp3) is 0.312. The van der Waals surface area contributed by atoms with Gasteiger partial charge in [-0.25, -0.2) is 13.4 Å². The van der Waals surface area contributed by atoms with Gasteiger partial charge in [0.05, 0.1) is 17.6 Å². The number of hydrogen-bond donors (Lipinski definition) is 1. The maximum atomic E-state index is 12.2. The summed E-state index contributed by atoms with van der Waals surface area (Å²) in [5, 5.41) is 0. The molecule has 1 aromatic carbocycles. The number of aromatic nitrogens is 1. The van der Waals surface area contributed by atoms with Crippen molar-refractivity contribution < 1.29 is 8.42 Å². The Hall–Kier alpha value is -2.08. The number of anilines is 2. The van der Waals surface area contributed by atoms with E-state index >= 15 is 0 Å². The van der Waals surface area contributed by atoms with E-state index < -0.39 is 10.0 Å². The van der Waals surface area contributed by atoms with Gasteiger partial charge >= 0.3 is 0 Å². The summed E-state index contributed by atoms with van der Waals surface area (Å²) in [6, 6.07) is 12.7. The van der Waals surface area contributed by atoms with Crippen molar-refractivity contribution in [3.05, 3.63) is 54.2 Å². The zero-order valence-corrected chi connectivity index (χ0v) is 13.7. The van der Waals surface area contributed by atoms with Crippen LogP contribution in [-0.4, -0.2) is 26.5 Å². The molecule has 0 aliphatic heterocycles. The third-order valence-electron chi connectivity index (χ3n) is 3.31. The average Bonchev–Trinajstić information content (AvgIpc) is 2.50. The number of rotatable bonds is 7. The Labute approximate surface area is 132 Å². The van der Waals surface area contributed by atoms with Crippen molar-refractivity contribution >= 4 is 21.5 Å². The van der Waals surface area contributed by atoms with Gasteiger partial charge in [-0.1, -0.05) is 30.3 Å². The van der Waals surface area contributed by atoms with Crippen LogP contribution in [-0.2, 0) is 15.8 Å². The van der Waals surface area contributed by atoms with Gasteiger partial charge < -0.3 is 4.90 Å². The van der Waals surface area contributed by atoms with Gasteiger partial charge in [-0.15, -0.1) is 0 Å². The summed E-state index contributed by atoms with van der Waals surface area (Å²) in [4.78, 5) is 6.41. The molecular formula is C16H21N3O2S. The van der Waals surface area contributed by atoms with Crippen molar-refractivity contribution in [2.45, 2.75) is 19.6 Å². The Kier molecular flexibility index (Phi) is 5.38. The maximum absolute atomic E-state index is 12.2. The molecule has 1 heterocycles. The molecule has 2 aromatic rings. The Morgan fingerprint density at radius 2 is 1.73 bits per heavy atom. The number of pyridine rings is 1. The van der Waals surface area contributed by atoms with E-state index in [2.05, 4.69) is 28.5 Å². The molecule has 6 heteroatoms. The first-order chi connectivity index (χ1) is 10.5. The van der Waals surface area contributed by atoms with Crippen LogP contribution in [0.5, 0.6) is 0 Å². The van der Waals surface area contributed by atoms with Crippen molar-refractivity contribution in [2.75, 3.05) is 22.7 Å². The minimum atomic E-state index is -3.44. The van der Waals surface area contributed by atoms with Crippen molar-refractivity contribution in [3.8, 4) is 0 Å². The number of nitrogens with zero attached hydrogens (tertiary/aromatic N) is 2. The highest BCUT2D eigenvalue weighted by Gasteiger charge is 2.12. The van der Waals surface area contributed by atoms with Crippen molar-refractivity contribution in [1.29, 1.82) is 0 Å². The van der Waals surface area contributed by atoms with Crippen LogP contribution in [0.3, 0.4) is 0 Å². The van der Waals surface area contributed by atoms with Crippen LogP contribution in [0.1, 0.15) is 19.4 Å². The van der Waals surface area contributed by atoms with Crippen LogP contribution in [0, 0.1) is 0 Å². The molecule has 1 aromatic heterocycles. The zero-order valence-electron chi connectivity index (χ0n) is 12.9. The van der Waals surface area contributed by atoms with E-state index in [0.717, 1.165) is 24.5 Å². The summed E-state index contributed by atoms with van der Waals surface area (Å²) >= 11 is 0. The third kappa shape index (κ3) is 4.46. The molecule has 0 radical (unpaired) electrons. The lowest BCUT2D eigenvalue weighted by Gasteiger charge is -2.19. The molecule has 0 amide bonds. The molecule has 0 spiro atoms. The van der Waals surface area contributed by atoms with Crippen LogP contribution < -0.4 is 9.62 Å². The molecule has 1 N–H and O–H groups in total. The Bertz CT molecular complexity index is 681. The van der Waals surface area contributed by atoms with Crippen LogP contribution in [0.15, 0.2) is 48.7 Å². The maximum Gasteiger partial charge on any atom is 0.236 e. The Balaban J connectivity index is 2.06. The predicted molar refractivity (Wildman–Crippen MR) is 90.5 cm³/mol. The van der Waals surface area contributed by atoms with E-state index in [9.17, 15) is 8.42 Å². The SMILES string of the molecule is CCN(CC)c1ccc(NS(=O)(=O)Cc2ccccc2)cn1. The lowest BCUT2D eigenvalue weighted by Crippen LogP contribution is -2.23. The largest absolute Gasteiger partial charge is 0.357 e. The third-order valence-corrected chi connectivity index (χ3v) is 4.57. The Morgan fingerprint density at radius 3 is 2.27 bits per heavy atom. The lowest BCUT2D eigenvalue weighted by atomic mass is 10.2. The van der Waals surface area contributed by atoms with Gasteiger partial charge in [-0.05, 0) is 31.5 Å². The molecule has 0 saturated carbocycles. The summed E-state index contributed by atoms with van der Waals surface area (Å²) in [5.41, 5.74) is 1.23. The second kappa shape index (κ2) is 7.26. The normalized spacial score (nSPS) is 11.2. The van der Waals surface area contributed by atoms with Gasteiger partial charge in [0.2, 0.25) is 10.0 Å². The molecule has 0 aliphatic carbocycles. The second-order valence-corrected chi connectivity index (χ2v) is 6.65. The topological polar surface area (TPSA) is 62.3 Å². The van der Waals surface area contributed by atoms with Gasteiger partial charge in [0.1, 0.15) is 5.82 Å². The van der Waals surface area contributed by atoms with E-state index in [0.29, 0.717) is 5.69 Å². The standard InChI is InChI=1S/C16H21N3O2S/c1-3-19(4-2)16-11-10-15(12-17-16)18-22(20,21)13-14-8-6-5-7-9-14/h5-12,18H,3-4,13H2,1-2H3. The Morgan fingerprint density at radius 1 is 1.05 bits per heavy atom. The molecule has 0 aliphatic rings. The number of sulfonamides is 1. The van der Waals surface area contributed by atoms with E-state index in [1.807, 2.05) is 24.3 Å². The molecule has 22 heavy (non-hydrogen) atoms. The van der Waals surface area contributed by atoms with Crippen LogP contribution in [0.25, 0.3) is 0 Å². The first-order valence-electron chi connectivity index (χ1n) is 7.29. The lowest BCUT2D eigenvalue weighted by molar-refractivity contribution is 0.600. The average molecular weight is 319 g/mol. The molecular weight excluding hydrogens is 298 g/mol. The number of nitrogens with one attached hydrogen (secondary N) is 1. The van der Waals surface area contributed by atoms with Crippen molar-refractivity contribution in [3.63, 3.8) is 0 Å². The first kappa shape index (κ1) is 16.3. The summed E-state index contributed by atoms with van der Waals surface area (Å²) in [6.45, 7) is 5.84. The molecule has 2 rings (SSSR count). The van der Waals surface area contributed by atoms with Crippen LogP contribution in [0.2, 0.25) is 0 Å². The first-order valence-corrected chi connectivity index (χ1v) is 8.94. The summed E-state index contributed by atoms with van der Waals surface area (Å²) in [7, 11) is -3.44. The molecule has 0 saturated heterocycles. The minimum absolute atomic E-state index is 0.0500. The van der Waals surface area contributed by atoms with Gasteiger partial charge in [0.15, 0.2) is 0 Å². The van der Waals surface area contributed by atoms with Gasteiger partial charge in [-0.3, -0.25) is 4.72 Å². The van der Waals surface area contributed by atoms with Gasteiger partial charge in [0.25, 0.3) is 0 Å². The minimum Gasteiger partial charge on any atom is -0.357 e. The highest BCUT2D eigenvalue weighted by atomic mass is 32.2. The number of hydrogen-bond acceptors (Lipinski definition) is 4. The molecule has 118 valence electrons. The monoisotopic (exact) mass is 319 g/mol. The number of benzene rings is 1. The molecule has 0 unspecified atom stereocenters. The smallest absolute Gasteiger partial charge is 0.236 e. The molecule has 5 nitrogen and oxygen atoms in total. The molecule has 0 bridgehead atoms. The quantitative estimate of drug-likeness (QED) is 0.852. The molecule has 0 fully saturated rings. The van der Waals surface area contributed by atoms with Crippen LogP contribution >= 0.6 is 0 Å². The van der Waals surface area contributed by atoms with Gasteiger partial charge in [0, 0.05) is 13.1 Å². The van der Waals surface area contributed by atoms with E-state index in [-0.39, 0.29) is 5.75 Å². The van der Waals surface area contributed by atoms with Crippen molar-refractivity contribution in [2.24, 2.45) is 0 Å². The highest BCUT2D eigenvalue weighted by Crippen LogP contribution is 2.16. The van der Waals surface area contributed by atoms with E-state index in [4.69, 9.17) is 0 Å². The zero-order chi connectivity index (χ0) is 16.0. The predicted octanol–water partition coefficient (Wildman–Crippen LogP) is 2.87. The molecule has 0 atom stereocenters. The summed E-state index contributed by atoms with van der Waals surface area (Å²) < 4.78 is 26.9. The van der Waals surface area contributed by atoms with Crippen LogP contribution in [0.4, 0.5) is 11.5 Å². The fourth-order valence-corrected chi connectivity index (χ4v) is 3.37. The van der Waals surface area contributed by atoms with Gasteiger partial charge in [-0.2, -0.15) is 0 Å².